The van der Waals surface area contributed by atoms with Crippen LogP contribution >= 0.6 is 22.6 Å². The number of hydrogen-bond donors (Lipinski definition) is 1. The zero-order valence-electron chi connectivity index (χ0n) is 7.44. The molecular formula is C11H9IN2. The number of nitrogens with zero attached hydrogens (tertiary/aromatic N) is 1. The Morgan fingerprint density at radius 3 is 2.50 bits per heavy atom. The molecule has 0 saturated heterocycles. The third-order valence-corrected chi connectivity index (χ3v) is 2.91. The molecule has 0 atom stereocenters. The van der Waals surface area contributed by atoms with Gasteiger partial charge in [-0.15, -0.1) is 0 Å². The monoisotopic (exact) mass is 296 g/mol. The zero-order chi connectivity index (χ0) is 9.97. The van der Waals surface area contributed by atoms with Crippen molar-refractivity contribution >= 4 is 28.4 Å². The number of benzene rings is 1. The van der Waals surface area contributed by atoms with Crippen LogP contribution in [0.3, 0.4) is 0 Å². The Morgan fingerprint density at radius 1 is 1.07 bits per heavy atom. The molecule has 2 N–H and O–H groups in total. The third kappa shape index (κ3) is 1.87. The van der Waals surface area contributed by atoms with Crippen LogP contribution in [0, 0.1) is 3.57 Å². The highest BCUT2D eigenvalue weighted by Crippen LogP contribution is 2.24. The Morgan fingerprint density at radius 2 is 1.86 bits per heavy atom. The maximum Gasteiger partial charge on any atom is 0.123 e. The summed E-state index contributed by atoms with van der Waals surface area (Å²) in [5, 5.41) is 0. The Kier molecular flexibility index (Phi) is 2.67. The van der Waals surface area contributed by atoms with E-state index in [2.05, 4.69) is 39.7 Å². The van der Waals surface area contributed by atoms with Crippen molar-refractivity contribution in [3.05, 3.63) is 46.2 Å². The van der Waals surface area contributed by atoms with Crippen LogP contribution in [-0.2, 0) is 0 Å². The van der Waals surface area contributed by atoms with E-state index in [-0.39, 0.29) is 0 Å². The van der Waals surface area contributed by atoms with Crippen LogP contribution in [0.2, 0.25) is 0 Å². The molecule has 0 aliphatic carbocycles. The summed E-state index contributed by atoms with van der Waals surface area (Å²) in [6, 6.07) is 12.0. The summed E-state index contributed by atoms with van der Waals surface area (Å²) in [5.41, 5.74) is 7.83. The summed E-state index contributed by atoms with van der Waals surface area (Å²) in [6.07, 6.45) is 1.80. The van der Waals surface area contributed by atoms with Gasteiger partial charge in [-0.2, -0.15) is 0 Å². The molecule has 0 saturated carbocycles. The van der Waals surface area contributed by atoms with Gasteiger partial charge in [0, 0.05) is 15.3 Å². The molecule has 3 heteroatoms. The fraction of sp³-hybridized carbons (Fsp3) is 0. The van der Waals surface area contributed by atoms with Crippen molar-refractivity contribution in [2.45, 2.75) is 0 Å². The first kappa shape index (κ1) is 9.45. The average molecular weight is 296 g/mol. The Balaban J connectivity index is 2.50. The van der Waals surface area contributed by atoms with Gasteiger partial charge >= 0.3 is 0 Å². The molecule has 14 heavy (non-hydrogen) atoms. The molecule has 70 valence electrons. The van der Waals surface area contributed by atoms with Crippen molar-refractivity contribution in [1.82, 2.24) is 4.98 Å². The minimum absolute atomic E-state index is 0.555. The van der Waals surface area contributed by atoms with E-state index in [0.717, 1.165) is 5.56 Å². The maximum atomic E-state index is 5.53. The van der Waals surface area contributed by atoms with Gasteiger partial charge in [-0.1, -0.05) is 18.2 Å². The molecule has 0 fully saturated rings. The summed E-state index contributed by atoms with van der Waals surface area (Å²) in [7, 11) is 0. The van der Waals surface area contributed by atoms with Gasteiger partial charge in [-0.25, -0.2) is 4.98 Å². The number of nitrogen functional groups attached to an aromatic ring is 1. The fourth-order valence-electron chi connectivity index (χ4n) is 1.26. The SMILES string of the molecule is Nc1ccc(-c2ccccc2I)cn1. The fourth-order valence-corrected chi connectivity index (χ4v) is 1.96. The molecule has 0 radical (unpaired) electrons. The van der Waals surface area contributed by atoms with Crippen LogP contribution < -0.4 is 5.73 Å². The number of anilines is 1. The second kappa shape index (κ2) is 3.96. The lowest BCUT2D eigenvalue weighted by Gasteiger charge is -2.03. The molecule has 0 spiro atoms. The standard InChI is InChI=1S/C11H9IN2/c12-10-4-2-1-3-9(10)8-5-6-11(13)14-7-8/h1-7H,(H2,13,14). The van der Waals surface area contributed by atoms with Crippen LogP contribution in [0.5, 0.6) is 0 Å². The number of pyridine rings is 1. The molecule has 0 bridgehead atoms. The lowest BCUT2D eigenvalue weighted by Crippen LogP contribution is -1.89. The molecule has 1 aromatic carbocycles. The molecule has 2 nitrogen and oxygen atoms in total. The highest BCUT2D eigenvalue weighted by Gasteiger charge is 2.01. The normalized spacial score (nSPS) is 10.1. The third-order valence-electron chi connectivity index (χ3n) is 1.97. The second-order valence-electron chi connectivity index (χ2n) is 2.95. The van der Waals surface area contributed by atoms with E-state index in [1.165, 1.54) is 9.13 Å². The molecule has 1 aromatic heterocycles. The van der Waals surface area contributed by atoms with Gasteiger partial charge < -0.3 is 5.73 Å². The Labute approximate surface area is 96.3 Å². The lowest BCUT2D eigenvalue weighted by atomic mass is 10.1. The first-order valence-electron chi connectivity index (χ1n) is 4.24. The predicted molar refractivity (Wildman–Crippen MR) is 66.8 cm³/mol. The molecule has 2 aromatic rings. The number of hydrogen-bond acceptors (Lipinski definition) is 2. The predicted octanol–water partition coefficient (Wildman–Crippen LogP) is 2.94. The van der Waals surface area contributed by atoms with Crippen molar-refractivity contribution < 1.29 is 0 Å². The van der Waals surface area contributed by atoms with Gasteiger partial charge in [0.15, 0.2) is 0 Å². The van der Waals surface area contributed by atoms with Crippen LogP contribution in [0.1, 0.15) is 0 Å². The number of nitrogens with two attached hydrogens (primary N) is 1. The van der Waals surface area contributed by atoms with Crippen LogP contribution in [0.15, 0.2) is 42.6 Å². The lowest BCUT2D eigenvalue weighted by molar-refractivity contribution is 1.33. The minimum Gasteiger partial charge on any atom is -0.384 e. The van der Waals surface area contributed by atoms with E-state index in [9.17, 15) is 0 Å². The van der Waals surface area contributed by atoms with E-state index < -0.39 is 0 Å². The number of aromatic nitrogens is 1. The summed E-state index contributed by atoms with van der Waals surface area (Å²) in [4.78, 5) is 4.07. The van der Waals surface area contributed by atoms with Gasteiger partial charge in [0.1, 0.15) is 5.82 Å². The average Bonchev–Trinajstić information content (AvgIpc) is 2.20. The van der Waals surface area contributed by atoms with Crippen molar-refractivity contribution in [1.29, 1.82) is 0 Å². The van der Waals surface area contributed by atoms with Crippen molar-refractivity contribution in [3.8, 4) is 11.1 Å². The number of halogens is 1. The second-order valence-corrected chi connectivity index (χ2v) is 4.11. The Hall–Kier alpha value is -1.10. The van der Waals surface area contributed by atoms with E-state index >= 15 is 0 Å². The highest BCUT2D eigenvalue weighted by atomic mass is 127. The van der Waals surface area contributed by atoms with Crippen molar-refractivity contribution in [3.63, 3.8) is 0 Å². The van der Waals surface area contributed by atoms with E-state index in [1.54, 1.807) is 6.20 Å². The highest BCUT2D eigenvalue weighted by molar-refractivity contribution is 14.1. The van der Waals surface area contributed by atoms with Gasteiger partial charge in [0.25, 0.3) is 0 Å². The van der Waals surface area contributed by atoms with Crippen LogP contribution in [0.25, 0.3) is 11.1 Å². The molecule has 1 heterocycles. The summed E-state index contributed by atoms with van der Waals surface area (Å²) in [6.45, 7) is 0. The molecule has 2 rings (SSSR count). The van der Waals surface area contributed by atoms with Crippen LogP contribution in [-0.4, -0.2) is 4.98 Å². The van der Waals surface area contributed by atoms with Gasteiger partial charge in [-0.05, 0) is 46.4 Å². The first-order chi connectivity index (χ1) is 6.77. The van der Waals surface area contributed by atoms with Gasteiger partial charge in [0.05, 0.1) is 0 Å². The summed E-state index contributed by atoms with van der Waals surface area (Å²) >= 11 is 2.31. The van der Waals surface area contributed by atoms with E-state index in [0.29, 0.717) is 5.82 Å². The molecule has 0 amide bonds. The van der Waals surface area contributed by atoms with Gasteiger partial charge in [-0.3, -0.25) is 0 Å². The topological polar surface area (TPSA) is 38.9 Å². The summed E-state index contributed by atoms with van der Waals surface area (Å²) < 4.78 is 1.22. The van der Waals surface area contributed by atoms with Crippen molar-refractivity contribution in [2.75, 3.05) is 5.73 Å². The van der Waals surface area contributed by atoms with E-state index in [4.69, 9.17) is 5.73 Å². The molecule has 0 aliphatic rings. The summed E-state index contributed by atoms with van der Waals surface area (Å²) in [5.74, 6) is 0.555. The smallest absolute Gasteiger partial charge is 0.123 e. The van der Waals surface area contributed by atoms with Crippen molar-refractivity contribution in [2.24, 2.45) is 0 Å². The molecular weight excluding hydrogens is 287 g/mol. The molecule has 0 aliphatic heterocycles. The van der Waals surface area contributed by atoms with E-state index in [1.807, 2.05) is 24.3 Å². The van der Waals surface area contributed by atoms with Crippen LogP contribution in [0.4, 0.5) is 5.82 Å². The maximum absolute atomic E-state index is 5.53. The molecule has 0 unspecified atom stereocenters. The minimum atomic E-state index is 0.555. The quantitative estimate of drug-likeness (QED) is 0.822. The zero-order valence-corrected chi connectivity index (χ0v) is 9.60. The van der Waals surface area contributed by atoms with Gasteiger partial charge in [0.2, 0.25) is 0 Å². The number of rotatable bonds is 1. The Bertz CT molecular complexity index is 437. The largest absolute Gasteiger partial charge is 0.384 e. The first-order valence-corrected chi connectivity index (χ1v) is 5.31.